The van der Waals surface area contributed by atoms with Crippen molar-refractivity contribution in [1.82, 2.24) is 14.5 Å². The van der Waals surface area contributed by atoms with Gasteiger partial charge in [0.25, 0.3) is 0 Å². The molecule has 0 radical (unpaired) electrons. The zero-order valence-corrected chi connectivity index (χ0v) is 11.2. The van der Waals surface area contributed by atoms with E-state index in [1.54, 1.807) is 6.07 Å². The monoisotopic (exact) mass is 266 g/mol. The normalized spacial score (nSPS) is 11.3. The van der Waals surface area contributed by atoms with Crippen LogP contribution in [0.1, 0.15) is 5.82 Å². The fourth-order valence-corrected chi connectivity index (χ4v) is 2.02. The minimum atomic E-state index is -0.293. The summed E-state index contributed by atoms with van der Waals surface area (Å²) in [6.45, 7) is 1.07. The summed E-state index contributed by atoms with van der Waals surface area (Å²) in [5.41, 5.74) is 7.08. The molecule has 0 atom stereocenters. The topological polar surface area (TPSA) is 47.1 Å². The lowest BCUT2D eigenvalue weighted by Gasteiger charge is -2.12. The van der Waals surface area contributed by atoms with Gasteiger partial charge >= 0.3 is 0 Å². The smallest absolute Gasteiger partial charge is 0.125 e. The largest absolute Gasteiger partial charge is 0.392 e. The maximum atomic E-state index is 13.2. The number of imidazole rings is 1. The van der Waals surface area contributed by atoms with E-state index in [-0.39, 0.29) is 5.82 Å². The molecule has 2 N–H and O–H groups in total. The van der Waals surface area contributed by atoms with Crippen molar-refractivity contribution in [1.29, 1.82) is 0 Å². The van der Waals surface area contributed by atoms with E-state index in [0.29, 0.717) is 23.6 Å². The third-order valence-electron chi connectivity index (χ3n) is 2.56. The molecule has 0 unspecified atom stereocenters. The Bertz CT molecular complexity index is 591. The predicted octanol–water partition coefficient (Wildman–Crippen LogP) is 1.52. The molecule has 96 valence electrons. The summed E-state index contributed by atoms with van der Waals surface area (Å²) in [6, 6.07) is 4.54. The standard InChI is InChI=1S/C12H15FN4S/c1-16(2)7-12-15-9-5-8(13)3-4-10(9)17(12)6-11(14)18/h3-5H,6-7H2,1-2H3,(H2,14,18). The first-order valence-corrected chi connectivity index (χ1v) is 5.96. The van der Waals surface area contributed by atoms with Crippen LogP contribution in [0.15, 0.2) is 18.2 Å². The number of thiocarbonyl (C=S) groups is 1. The van der Waals surface area contributed by atoms with Crippen molar-refractivity contribution >= 4 is 28.2 Å². The first-order valence-electron chi connectivity index (χ1n) is 5.55. The molecule has 0 saturated carbocycles. The van der Waals surface area contributed by atoms with Gasteiger partial charge in [0, 0.05) is 6.07 Å². The Kier molecular flexibility index (Phi) is 3.58. The van der Waals surface area contributed by atoms with Crippen molar-refractivity contribution in [2.24, 2.45) is 5.73 Å². The van der Waals surface area contributed by atoms with Gasteiger partial charge in [0.05, 0.1) is 29.1 Å². The Morgan fingerprint density at radius 2 is 2.22 bits per heavy atom. The summed E-state index contributed by atoms with van der Waals surface area (Å²) in [4.78, 5) is 6.81. The summed E-state index contributed by atoms with van der Waals surface area (Å²) < 4.78 is 15.1. The van der Waals surface area contributed by atoms with Gasteiger partial charge < -0.3 is 15.2 Å². The van der Waals surface area contributed by atoms with Crippen LogP contribution in [0.5, 0.6) is 0 Å². The van der Waals surface area contributed by atoms with Crippen LogP contribution in [0.2, 0.25) is 0 Å². The molecule has 0 spiro atoms. The summed E-state index contributed by atoms with van der Waals surface area (Å²) in [7, 11) is 3.90. The molecule has 0 aliphatic rings. The summed E-state index contributed by atoms with van der Waals surface area (Å²) in [5.74, 6) is 0.535. The van der Waals surface area contributed by atoms with E-state index in [0.717, 1.165) is 11.3 Å². The number of nitrogens with zero attached hydrogens (tertiary/aromatic N) is 3. The summed E-state index contributed by atoms with van der Waals surface area (Å²) in [5, 5.41) is 0. The van der Waals surface area contributed by atoms with Crippen LogP contribution in [0.4, 0.5) is 4.39 Å². The molecular formula is C12H15FN4S. The van der Waals surface area contributed by atoms with Crippen molar-refractivity contribution in [2.75, 3.05) is 14.1 Å². The Labute approximate surface area is 110 Å². The lowest BCUT2D eigenvalue weighted by atomic mass is 10.3. The van der Waals surface area contributed by atoms with Crippen LogP contribution in [-0.2, 0) is 13.1 Å². The Balaban J connectivity index is 2.56. The molecule has 4 nitrogen and oxygen atoms in total. The van der Waals surface area contributed by atoms with E-state index >= 15 is 0 Å². The SMILES string of the molecule is CN(C)Cc1nc2cc(F)ccc2n1CC(N)=S. The quantitative estimate of drug-likeness (QED) is 0.852. The molecule has 18 heavy (non-hydrogen) atoms. The van der Waals surface area contributed by atoms with Crippen LogP contribution in [0, 0.1) is 5.82 Å². The van der Waals surface area contributed by atoms with Gasteiger partial charge in [0.2, 0.25) is 0 Å². The van der Waals surface area contributed by atoms with E-state index in [4.69, 9.17) is 18.0 Å². The van der Waals surface area contributed by atoms with E-state index < -0.39 is 0 Å². The molecule has 0 saturated heterocycles. The average Bonchev–Trinajstić information content (AvgIpc) is 2.54. The second-order valence-corrected chi connectivity index (χ2v) is 4.98. The van der Waals surface area contributed by atoms with E-state index in [2.05, 4.69) is 4.98 Å². The predicted molar refractivity (Wildman–Crippen MR) is 73.9 cm³/mol. The number of nitrogens with two attached hydrogens (primary N) is 1. The van der Waals surface area contributed by atoms with Gasteiger partial charge in [0.15, 0.2) is 0 Å². The molecule has 1 heterocycles. The molecule has 2 aromatic rings. The van der Waals surface area contributed by atoms with Gasteiger partial charge in [-0.2, -0.15) is 0 Å². The zero-order valence-electron chi connectivity index (χ0n) is 10.4. The highest BCUT2D eigenvalue weighted by atomic mass is 32.1. The Morgan fingerprint density at radius 3 is 2.83 bits per heavy atom. The number of aromatic nitrogens is 2. The second-order valence-electron chi connectivity index (χ2n) is 4.45. The van der Waals surface area contributed by atoms with Crippen LogP contribution >= 0.6 is 12.2 Å². The Hall–Kier alpha value is -1.53. The molecule has 2 rings (SSSR count). The molecular weight excluding hydrogens is 251 g/mol. The molecule has 0 bridgehead atoms. The van der Waals surface area contributed by atoms with Crippen LogP contribution in [0.3, 0.4) is 0 Å². The number of halogens is 1. The molecule has 0 aliphatic carbocycles. The minimum absolute atomic E-state index is 0.293. The van der Waals surface area contributed by atoms with E-state index in [9.17, 15) is 4.39 Å². The maximum Gasteiger partial charge on any atom is 0.125 e. The first-order chi connectivity index (χ1) is 8.47. The van der Waals surface area contributed by atoms with Crippen molar-refractivity contribution in [3.8, 4) is 0 Å². The third-order valence-corrected chi connectivity index (χ3v) is 2.69. The minimum Gasteiger partial charge on any atom is -0.392 e. The second kappa shape index (κ2) is 4.99. The van der Waals surface area contributed by atoms with Crippen LogP contribution in [-0.4, -0.2) is 33.5 Å². The highest BCUT2D eigenvalue weighted by molar-refractivity contribution is 7.80. The van der Waals surface area contributed by atoms with E-state index in [1.807, 2.05) is 23.6 Å². The number of hydrogen-bond donors (Lipinski definition) is 1. The van der Waals surface area contributed by atoms with Crippen LogP contribution in [0.25, 0.3) is 11.0 Å². The fourth-order valence-electron chi connectivity index (χ4n) is 1.89. The number of benzene rings is 1. The van der Waals surface area contributed by atoms with E-state index in [1.165, 1.54) is 12.1 Å². The fraction of sp³-hybridized carbons (Fsp3) is 0.333. The van der Waals surface area contributed by atoms with Crippen molar-refractivity contribution in [2.45, 2.75) is 13.1 Å². The lowest BCUT2D eigenvalue weighted by Crippen LogP contribution is -2.21. The molecule has 0 aliphatic heterocycles. The third kappa shape index (κ3) is 2.65. The van der Waals surface area contributed by atoms with Gasteiger partial charge in [-0.25, -0.2) is 9.37 Å². The number of fused-ring (bicyclic) bond motifs is 1. The van der Waals surface area contributed by atoms with Gasteiger partial charge in [0.1, 0.15) is 11.6 Å². The molecule has 0 fully saturated rings. The lowest BCUT2D eigenvalue weighted by molar-refractivity contribution is 0.385. The van der Waals surface area contributed by atoms with Crippen LogP contribution < -0.4 is 5.73 Å². The zero-order chi connectivity index (χ0) is 13.3. The highest BCUT2D eigenvalue weighted by Gasteiger charge is 2.12. The number of hydrogen-bond acceptors (Lipinski definition) is 3. The first kappa shape index (κ1) is 12.9. The van der Waals surface area contributed by atoms with Gasteiger partial charge in [-0.15, -0.1) is 0 Å². The molecule has 1 aromatic heterocycles. The highest BCUT2D eigenvalue weighted by Crippen LogP contribution is 2.18. The van der Waals surface area contributed by atoms with Gasteiger partial charge in [-0.3, -0.25) is 0 Å². The number of rotatable bonds is 4. The van der Waals surface area contributed by atoms with Crippen molar-refractivity contribution in [3.05, 3.63) is 29.8 Å². The molecule has 1 aromatic carbocycles. The van der Waals surface area contributed by atoms with Gasteiger partial charge in [-0.05, 0) is 26.2 Å². The Morgan fingerprint density at radius 1 is 1.50 bits per heavy atom. The van der Waals surface area contributed by atoms with Gasteiger partial charge in [-0.1, -0.05) is 12.2 Å². The maximum absolute atomic E-state index is 13.2. The van der Waals surface area contributed by atoms with Crippen molar-refractivity contribution < 1.29 is 4.39 Å². The molecule has 0 amide bonds. The summed E-state index contributed by atoms with van der Waals surface area (Å²) >= 11 is 4.95. The molecule has 6 heteroatoms. The summed E-state index contributed by atoms with van der Waals surface area (Å²) in [6.07, 6.45) is 0. The average molecular weight is 266 g/mol. The van der Waals surface area contributed by atoms with Crippen molar-refractivity contribution in [3.63, 3.8) is 0 Å².